The fraction of sp³-hybridized carbons (Fsp3) is 0.611. The van der Waals surface area contributed by atoms with Crippen LogP contribution in [-0.4, -0.2) is 12.4 Å². The summed E-state index contributed by atoms with van der Waals surface area (Å²) in [6.07, 6.45) is 7.53. The molecule has 1 aromatic rings. The summed E-state index contributed by atoms with van der Waals surface area (Å²) < 4.78 is 5.69. The topological polar surface area (TPSA) is 26.3 Å². The molecule has 3 atom stereocenters. The van der Waals surface area contributed by atoms with Gasteiger partial charge in [0.1, 0.15) is 11.5 Å². The minimum absolute atomic E-state index is 0.354. The Balaban J connectivity index is 1.45. The molecule has 0 spiro atoms. The van der Waals surface area contributed by atoms with Crippen LogP contribution in [0.25, 0.3) is 0 Å². The Morgan fingerprint density at radius 2 is 2.19 bits per heavy atom. The van der Waals surface area contributed by atoms with Crippen LogP contribution in [0.5, 0.6) is 5.75 Å². The molecule has 3 heteroatoms. The third kappa shape index (κ3) is 2.59. The van der Waals surface area contributed by atoms with Crippen LogP contribution in [0.2, 0.25) is 5.02 Å². The Kier molecular flexibility index (Phi) is 3.45. The molecular formula is C18H21ClO2. The molecule has 0 aromatic heterocycles. The standard InChI is InChI=1S/C18H21ClO2/c19-16-7-13-3-4-21-18(13)15(8-16)10-17(20)9-14-6-11-1-2-12(14)5-11/h7-8,11-12,14H,1-6,9-10H2. The first-order chi connectivity index (χ1) is 10.2. The number of rotatable bonds is 4. The Hall–Kier alpha value is -1.02. The lowest BCUT2D eigenvalue weighted by molar-refractivity contribution is -0.119. The minimum atomic E-state index is 0.354. The molecule has 0 N–H and O–H groups in total. The van der Waals surface area contributed by atoms with E-state index in [1.807, 2.05) is 12.1 Å². The highest BCUT2D eigenvalue weighted by atomic mass is 35.5. The van der Waals surface area contributed by atoms with Crippen LogP contribution in [0.4, 0.5) is 0 Å². The second-order valence-electron chi connectivity index (χ2n) is 7.01. The number of carbonyl (C=O) groups is 1. The first-order valence-electron chi connectivity index (χ1n) is 8.15. The van der Waals surface area contributed by atoms with E-state index in [1.54, 1.807) is 0 Å². The van der Waals surface area contributed by atoms with E-state index in [1.165, 1.54) is 25.7 Å². The molecule has 2 aliphatic carbocycles. The maximum atomic E-state index is 12.5. The second kappa shape index (κ2) is 5.31. The summed E-state index contributed by atoms with van der Waals surface area (Å²) in [7, 11) is 0. The normalized spacial score (nSPS) is 29.5. The van der Waals surface area contributed by atoms with Crippen LogP contribution in [0, 0.1) is 17.8 Å². The summed E-state index contributed by atoms with van der Waals surface area (Å²) in [5.41, 5.74) is 2.15. The Labute approximate surface area is 130 Å². The number of hydrogen-bond donors (Lipinski definition) is 0. The molecule has 112 valence electrons. The van der Waals surface area contributed by atoms with Crippen LogP contribution in [0.15, 0.2) is 12.1 Å². The van der Waals surface area contributed by atoms with Crippen LogP contribution in [-0.2, 0) is 17.6 Å². The largest absolute Gasteiger partial charge is 0.493 e. The summed E-state index contributed by atoms with van der Waals surface area (Å²) in [5, 5.41) is 0.724. The van der Waals surface area contributed by atoms with Crippen molar-refractivity contribution in [3.8, 4) is 5.75 Å². The van der Waals surface area contributed by atoms with Gasteiger partial charge in [-0.2, -0.15) is 0 Å². The lowest BCUT2D eigenvalue weighted by Crippen LogP contribution is -2.16. The number of ether oxygens (including phenoxy) is 1. The molecule has 4 rings (SSSR count). The van der Waals surface area contributed by atoms with Crippen molar-refractivity contribution in [2.75, 3.05) is 6.61 Å². The fourth-order valence-corrected chi connectivity index (χ4v) is 4.94. The maximum absolute atomic E-state index is 12.5. The SMILES string of the molecule is O=C(Cc1cc(Cl)cc2c1OCC2)CC1CC2CCC1C2. The van der Waals surface area contributed by atoms with Crippen molar-refractivity contribution in [1.29, 1.82) is 0 Å². The van der Waals surface area contributed by atoms with Gasteiger partial charge >= 0.3 is 0 Å². The lowest BCUT2D eigenvalue weighted by atomic mass is 9.84. The van der Waals surface area contributed by atoms with E-state index in [0.717, 1.165) is 46.6 Å². The number of fused-ring (bicyclic) bond motifs is 3. The average molecular weight is 305 g/mol. The van der Waals surface area contributed by atoms with Gasteiger partial charge in [-0.1, -0.05) is 18.0 Å². The fourth-order valence-electron chi connectivity index (χ4n) is 4.68. The van der Waals surface area contributed by atoms with E-state index >= 15 is 0 Å². The molecule has 3 aliphatic rings. The van der Waals surface area contributed by atoms with E-state index in [4.69, 9.17) is 16.3 Å². The van der Waals surface area contributed by atoms with Crippen molar-refractivity contribution >= 4 is 17.4 Å². The average Bonchev–Trinajstić information content (AvgIpc) is 3.12. The van der Waals surface area contributed by atoms with Crippen molar-refractivity contribution in [1.82, 2.24) is 0 Å². The van der Waals surface area contributed by atoms with Crippen molar-refractivity contribution in [3.63, 3.8) is 0 Å². The zero-order chi connectivity index (χ0) is 14.4. The third-order valence-corrected chi connectivity index (χ3v) is 5.81. The number of hydrogen-bond acceptors (Lipinski definition) is 2. The van der Waals surface area contributed by atoms with Crippen LogP contribution < -0.4 is 4.74 Å². The molecule has 2 saturated carbocycles. The van der Waals surface area contributed by atoms with Crippen molar-refractivity contribution in [2.45, 2.75) is 44.9 Å². The molecule has 21 heavy (non-hydrogen) atoms. The molecule has 0 amide bonds. The van der Waals surface area contributed by atoms with Gasteiger partial charge in [-0.05, 0) is 54.7 Å². The summed E-state index contributed by atoms with van der Waals surface area (Å²) in [6.45, 7) is 0.712. The minimum Gasteiger partial charge on any atom is -0.493 e. The number of Topliss-reactive ketones (excluding diaryl/α,β-unsaturated/α-hetero) is 1. The van der Waals surface area contributed by atoms with Crippen molar-refractivity contribution in [2.24, 2.45) is 17.8 Å². The molecule has 1 aliphatic heterocycles. The number of ketones is 1. The van der Waals surface area contributed by atoms with Gasteiger partial charge in [0.05, 0.1) is 6.61 Å². The van der Waals surface area contributed by atoms with Gasteiger partial charge in [0.2, 0.25) is 0 Å². The van der Waals surface area contributed by atoms with Crippen molar-refractivity contribution < 1.29 is 9.53 Å². The molecule has 1 heterocycles. The van der Waals surface area contributed by atoms with Gasteiger partial charge in [0.25, 0.3) is 0 Å². The highest BCUT2D eigenvalue weighted by molar-refractivity contribution is 6.30. The van der Waals surface area contributed by atoms with Gasteiger partial charge in [0.15, 0.2) is 0 Å². The summed E-state index contributed by atoms with van der Waals surface area (Å²) in [4.78, 5) is 12.5. The molecule has 2 bridgehead atoms. The molecule has 0 radical (unpaired) electrons. The van der Waals surface area contributed by atoms with E-state index in [0.29, 0.717) is 24.7 Å². The van der Waals surface area contributed by atoms with Crippen LogP contribution >= 0.6 is 11.6 Å². The lowest BCUT2D eigenvalue weighted by Gasteiger charge is -2.20. The van der Waals surface area contributed by atoms with E-state index in [9.17, 15) is 4.79 Å². The van der Waals surface area contributed by atoms with E-state index in [2.05, 4.69) is 0 Å². The van der Waals surface area contributed by atoms with Crippen LogP contribution in [0.3, 0.4) is 0 Å². The van der Waals surface area contributed by atoms with Crippen molar-refractivity contribution in [3.05, 3.63) is 28.3 Å². The Bertz CT molecular complexity index is 581. The van der Waals surface area contributed by atoms with Gasteiger partial charge in [0, 0.05) is 29.8 Å². The summed E-state index contributed by atoms with van der Waals surface area (Å²) in [6, 6.07) is 3.87. The van der Waals surface area contributed by atoms with E-state index in [-0.39, 0.29) is 0 Å². The predicted molar refractivity (Wildman–Crippen MR) is 82.9 cm³/mol. The Morgan fingerprint density at radius 1 is 1.29 bits per heavy atom. The molecule has 2 nitrogen and oxygen atoms in total. The zero-order valence-electron chi connectivity index (χ0n) is 12.2. The van der Waals surface area contributed by atoms with Gasteiger partial charge in [-0.3, -0.25) is 4.79 Å². The number of halogens is 1. The first-order valence-corrected chi connectivity index (χ1v) is 8.52. The highest BCUT2D eigenvalue weighted by Crippen LogP contribution is 2.49. The summed E-state index contributed by atoms with van der Waals surface area (Å²) in [5.74, 6) is 3.64. The maximum Gasteiger partial charge on any atom is 0.137 e. The van der Waals surface area contributed by atoms with E-state index < -0.39 is 0 Å². The van der Waals surface area contributed by atoms with Gasteiger partial charge < -0.3 is 4.74 Å². The summed E-state index contributed by atoms with van der Waals surface area (Å²) >= 11 is 6.17. The number of benzene rings is 1. The Morgan fingerprint density at radius 3 is 2.95 bits per heavy atom. The van der Waals surface area contributed by atoms with Gasteiger partial charge in [-0.25, -0.2) is 0 Å². The third-order valence-electron chi connectivity index (χ3n) is 5.59. The number of carbonyl (C=O) groups excluding carboxylic acids is 1. The molecule has 3 unspecified atom stereocenters. The zero-order valence-corrected chi connectivity index (χ0v) is 13.0. The van der Waals surface area contributed by atoms with Gasteiger partial charge in [-0.15, -0.1) is 0 Å². The predicted octanol–water partition coefficient (Wildman–Crippen LogP) is 4.21. The quantitative estimate of drug-likeness (QED) is 0.833. The highest BCUT2D eigenvalue weighted by Gasteiger charge is 2.40. The first kappa shape index (κ1) is 13.6. The molecule has 2 fully saturated rings. The second-order valence-corrected chi connectivity index (χ2v) is 7.44. The molecule has 0 saturated heterocycles. The molecular weight excluding hydrogens is 284 g/mol. The van der Waals surface area contributed by atoms with Crippen LogP contribution in [0.1, 0.15) is 43.2 Å². The monoisotopic (exact) mass is 304 g/mol. The molecule has 1 aromatic carbocycles. The smallest absolute Gasteiger partial charge is 0.137 e.